The molecule has 0 aliphatic rings. The molecular formula is C9H11BrO. The van der Waals surface area contributed by atoms with Crippen LogP contribution in [0.25, 0.3) is 0 Å². The standard InChI is InChI=1S/C9H11BrO/c1-7(11)6-8-4-2-3-5-9(8)10/h2-5,7,11H,6H2,1H3/t7-/m0/s1. The lowest BCUT2D eigenvalue weighted by Gasteiger charge is -2.05. The minimum atomic E-state index is -0.270. The van der Waals surface area contributed by atoms with Gasteiger partial charge in [-0.15, -0.1) is 0 Å². The summed E-state index contributed by atoms with van der Waals surface area (Å²) in [5.74, 6) is 0. The normalized spacial score (nSPS) is 13.0. The lowest BCUT2D eigenvalue weighted by Crippen LogP contribution is -2.04. The van der Waals surface area contributed by atoms with Gasteiger partial charge in [-0.05, 0) is 25.0 Å². The van der Waals surface area contributed by atoms with Crippen molar-refractivity contribution in [1.29, 1.82) is 0 Å². The molecule has 0 aliphatic heterocycles. The highest BCUT2D eigenvalue weighted by atomic mass is 79.9. The second-order valence-electron chi connectivity index (χ2n) is 2.64. The van der Waals surface area contributed by atoms with Crippen LogP contribution >= 0.6 is 15.9 Å². The van der Waals surface area contributed by atoms with Crippen molar-refractivity contribution in [3.63, 3.8) is 0 Å². The number of hydrogen-bond donors (Lipinski definition) is 1. The van der Waals surface area contributed by atoms with Crippen molar-refractivity contribution in [2.75, 3.05) is 0 Å². The molecule has 0 fully saturated rings. The Morgan fingerprint density at radius 3 is 2.64 bits per heavy atom. The van der Waals surface area contributed by atoms with E-state index in [9.17, 15) is 0 Å². The Morgan fingerprint density at radius 2 is 2.09 bits per heavy atom. The van der Waals surface area contributed by atoms with Crippen LogP contribution in [-0.2, 0) is 6.42 Å². The first-order chi connectivity index (χ1) is 5.20. The van der Waals surface area contributed by atoms with E-state index in [2.05, 4.69) is 15.9 Å². The van der Waals surface area contributed by atoms with E-state index >= 15 is 0 Å². The molecule has 0 heterocycles. The number of benzene rings is 1. The van der Waals surface area contributed by atoms with Crippen molar-refractivity contribution in [2.45, 2.75) is 19.4 Å². The Labute approximate surface area is 75.2 Å². The highest BCUT2D eigenvalue weighted by Gasteiger charge is 2.01. The van der Waals surface area contributed by atoms with Gasteiger partial charge in [0.25, 0.3) is 0 Å². The summed E-state index contributed by atoms with van der Waals surface area (Å²) in [4.78, 5) is 0. The van der Waals surface area contributed by atoms with E-state index < -0.39 is 0 Å². The van der Waals surface area contributed by atoms with Crippen LogP contribution in [0.15, 0.2) is 28.7 Å². The zero-order valence-corrected chi connectivity index (χ0v) is 8.01. The fourth-order valence-electron chi connectivity index (χ4n) is 0.982. The van der Waals surface area contributed by atoms with Crippen LogP contribution in [0.1, 0.15) is 12.5 Å². The van der Waals surface area contributed by atoms with E-state index in [-0.39, 0.29) is 6.10 Å². The second kappa shape index (κ2) is 3.88. The number of aliphatic hydroxyl groups excluding tert-OH is 1. The third-order valence-electron chi connectivity index (χ3n) is 1.47. The molecule has 60 valence electrons. The quantitative estimate of drug-likeness (QED) is 0.802. The Morgan fingerprint density at radius 1 is 1.45 bits per heavy atom. The summed E-state index contributed by atoms with van der Waals surface area (Å²) in [7, 11) is 0. The average molecular weight is 215 g/mol. The van der Waals surface area contributed by atoms with Crippen molar-refractivity contribution in [3.8, 4) is 0 Å². The van der Waals surface area contributed by atoms with Gasteiger partial charge in [-0.1, -0.05) is 34.1 Å². The minimum absolute atomic E-state index is 0.270. The van der Waals surface area contributed by atoms with E-state index in [1.54, 1.807) is 6.92 Å². The average Bonchev–Trinajstić information content (AvgIpc) is 1.93. The number of aliphatic hydroxyl groups is 1. The largest absolute Gasteiger partial charge is 0.393 e. The second-order valence-corrected chi connectivity index (χ2v) is 3.50. The van der Waals surface area contributed by atoms with Crippen molar-refractivity contribution >= 4 is 15.9 Å². The van der Waals surface area contributed by atoms with E-state index in [0.29, 0.717) is 6.42 Å². The molecule has 0 bridgehead atoms. The maximum absolute atomic E-state index is 9.11. The van der Waals surface area contributed by atoms with E-state index in [4.69, 9.17) is 5.11 Å². The molecular weight excluding hydrogens is 204 g/mol. The molecule has 1 aromatic rings. The zero-order valence-electron chi connectivity index (χ0n) is 6.42. The van der Waals surface area contributed by atoms with Gasteiger partial charge in [-0.25, -0.2) is 0 Å². The van der Waals surface area contributed by atoms with Crippen molar-refractivity contribution in [2.24, 2.45) is 0 Å². The molecule has 2 heteroatoms. The maximum atomic E-state index is 9.11. The van der Waals surface area contributed by atoms with Gasteiger partial charge in [0.1, 0.15) is 0 Å². The molecule has 0 spiro atoms. The number of halogens is 1. The molecule has 1 aromatic carbocycles. The summed E-state index contributed by atoms with van der Waals surface area (Å²) >= 11 is 3.41. The van der Waals surface area contributed by atoms with Gasteiger partial charge in [-0.2, -0.15) is 0 Å². The van der Waals surface area contributed by atoms with Gasteiger partial charge in [-0.3, -0.25) is 0 Å². The Kier molecular flexibility index (Phi) is 3.09. The molecule has 0 saturated heterocycles. The van der Waals surface area contributed by atoms with Gasteiger partial charge in [0.05, 0.1) is 6.10 Å². The van der Waals surface area contributed by atoms with Crippen LogP contribution in [0, 0.1) is 0 Å². The zero-order chi connectivity index (χ0) is 8.27. The van der Waals surface area contributed by atoms with Crippen LogP contribution in [0.4, 0.5) is 0 Å². The molecule has 0 radical (unpaired) electrons. The van der Waals surface area contributed by atoms with Crippen LogP contribution in [0.2, 0.25) is 0 Å². The Hall–Kier alpha value is -0.340. The molecule has 0 amide bonds. The maximum Gasteiger partial charge on any atom is 0.0552 e. The predicted molar refractivity (Wildman–Crippen MR) is 49.5 cm³/mol. The third-order valence-corrected chi connectivity index (χ3v) is 2.25. The SMILES string of the molecule is C[C@H](O)Cc1ccccc1Br. The van der Waals surface area contributed by atoms with E-state index in [1.165, 1.54) is 0 Å². The van der Waals surface area contributed by atoms with Crippen LogP contribution < -0.4 is 0 Å². The number of hydrogen-bond acceptors (Lipinski definition) is 1. The molecule has 11 heavy (non-hydrogen) atoms. The summed E-state index contributed by atoms with van der Waals surface area (Å²) < 4.78 is 1.07. The lowest BCUT2D eigenvalue weighted by molar-refractivity contribution is 0.195. The van der Waals surface area contributed by atoms with Crippen LogP contribution in [0.5, 0.6) is 0 Å². The smallest absolute Gasteiger partial charge is 0.0552 e. The highest BCUT2D eigenvalue weighted by Crippen LogP contribution is 2.17. The summed E-state index contributed by atoms with van der Waals surface area (Å²) in [6, 6.07) is 7.94. The van der Waals surface area contributed by atoms with Gasteiger partial charge >= 0.3 is 0 Å². The number of rotatable bonds is 2. The highest BCUT2D eigenvalue weighted by molar-refractivity contribution is 9.10. The van der Waals surface area contributed by atoms with Gasteiger partial charge in [0.2, 0.25) is 0 Å². The predicted octanol–water partition coefficient (Wildman–Crippen LogP) is 2.37. The van der Waals surface area contributed by atoms with Crippen molar-refractivity contribution in [1.82, 2.24) is 0 Å². The van der Waals surface area contributed by atoms with Gasteiger partial charge in [0, 0.05) is 4.47 Å². The lowest BCUT2D eigenvalue weighted by atomic mass is 10.1. The fraction of sp³-hybridized carbons (Fsp3) is 0.333. The Bertz CT molecular complexity index is 233. The third kappa shape index (κ3) is 2.64. The molecule has 1 N–H and O–H groups in total. The van der Waals surface area contributed by atoms with Gasteiger partial charge in [0.15, 0.2) is 0 Å². The summed E-state index contributed by atoms with van der Waals surface area (Å²) in [5, 5.41) is 9.11. The van der Waals surface area contributed by atoms with Crippen LogP contribution in [0.3, 0.4) is 0 Å². The molecule has 0 saturated carbocycles. The topological polar surface area (TPSA) is 20.2 Å². The molecule has 1 atom stereocenters. The molecule has 1 rings (SSSR count). The molecule has 0 unspecified atom stereocenters. The fourth-order valence-corrected chi connectivity index (χ4v) is 1.43. The molecule has 1 nitrogen and oxygen atoms in total. The minimum Gasteiger partial charge on any atom is -0.393 e. The first-order valence-corrected chi connectivity index (χ1v) is 4.41. The van der Waals surface area contributed by atoms with Crippen LogP contribution in [-0.4, -0.2) is 11.2 Å². The first kappa shape index (κ1) is 8.75. The monoisotopic (exact) mass is 214 g/mol. The molecule has 0 aliphatic carbocycles. The van der Waals surface area contributed by atoms with Gasteiger partial charge < -0.3 is 5.11 Å². The molecule has 0 aromatic heterocycles. The van der Waals surface area contributed by atoms with E-state index in [0.717, 1.165) is 10.0 Å². The summed E-state index contributed by atoms with van der Waals surface area (Å²) in [6.45, 7) is 1.79. The summed E-state index contributed by atoms with van der Waals surface area (Å²) in [5.41, 5.74) is 1.16. The summed E-state index contributed by atoms with van der Waals surface area (Å²) in [6.07, 6.45) is 0.440. The van der Waals surface area contributed by atoms with Crippen molar-refractivity contribution < 1.29 is 5.11 Å². The van der Waals surface area contributed by atoms with Crippen molar-refractivity contribution in [3.05, 3.63) is 34.3 Å². The first-order valence-electron chi connectivity index (χ1n) is 3.61. The van der Waals surface area contributed by atoms with E-state index in [1.807, 2.05) is 24.3 Å². The Balaban J connectivity index is 2.78.